The Balaban J connectivity index is 1.76. The van der Waals surface area contributed by atoms with Crippen LogP contribution in [0.25, 0.3) is 21.9 Å². The van der Waals surface area contributed by atoms with Crippen molar-refractivity contribution in [3.63, 3.8) is 0 Å². The molecule has 1 aromatic carbocycles. The van der Waals surface area contributed by atoms with Gasteiger partial charge in [-0.3, -0.25) is 0 Å². The number of fused-ring (bicyclic) bond motifs is 3. The molecule has 3 aromatic rings. The first-order valence-corrected chi connectivity index (χ1v) is 8.78. The summed E-state index contributed by atoms with van der Waals surface area (Å²) >= 11 is 0. The van der Waals surface area contributed by atoms with Crippen LogP contribution in [0, 0.1) is 0 Å². The normalized spacial score (nSPS) is 16.2. The molecule has 6 heteroatoms. The lowest BCUT2D eigenvalue weighted by Crippen LogP contribution is -3.14. The molecule has 4 rings (SSSR count). The van der Waals surface area contributed by atoms with Crippen molar-refractivity contribution in [2.75, 3.05) is 44.2 Å². The Labute approximate surface area is 141 Å². The van der Waals surface area contributed by atoms with Crippen LogP contribution in [0.3, 0.4) is 0 Å². The van der Waals surface area contributed by atoms with Crippen molar-refractivity contribution in [1.29, 1.82) is 0 Å². The van der Waals surface area contributed by atoms with Gasteiger partial charge < -0.3 is 19.5 Å². The van der Waals surface area contributed by atoms with E-state index in [2.05, 4.69) is 38.9 Å². The van der Waals surface area contributed by atoms with Gasteiger partial charge in [0.1, 0.15) is 23.1 Å². The third-order valence-electron chi connectivity index (χ3n) is 4.91. The third kappa shape index (κ3) is 2.57. The van der Waals surface area contributed by atoms with Gasteiger partial charge in [-0.2, -0.15) is 0 Å². The number of ether oxygens (including phenoxy) is 1. The number of anilines is 1. The topological polar surface area (TPSA) is 58.5 Å². The molecule has 3 heterocycles. The first kappa shape index (κ1) is 15.2. The number of quaternary nitrogens is 1. The van der Waals surface area contributed by atoms with Gasteiger partial charge in [0, 0.05) is 10.9 Å². The number of nitrogens with zero attached hydrogens (tertiary/aromatic N) is 3. The first-order chi connectivity index (χ1) is 11.8. The molecular formula is C18H24N5O+. The predicted molar refractivity (Wildman–Crippen MR) is 96.0 cm³/mol. The molecule has 1 aliphatic rings. The molecule has 0 spiro atoms. The largest absolute Gasteiger partial charge is 0.494 e. The van der Waals surface area contributed by atoms with E-state index in [1.54, 1.807) is 11.2 Å². The molecule has 1 saturated heterocycles. The van der Waals surface area contributed by atoms with Crippen LogP contribution in [-0.2, 0) is 0 Å². The Morgan fingerprint density at radius 2 is 2.04 bits per heavy atom. The van der Waals surface area contributed by atoms with Gasteiger partial charge in [0.25, 0.3) is 0 Å². The van der Waals surface area contributed by atoms with Crippen molar-refractivity contribution in [2.24, 2.45) is 0 Å². The Bertz CT molecular complexity index is 851. The maximum absolute atomic E-state index is 5.63. The van der Waals surface area contributed by atoms with E-state index in [4.69, 9.17) is 4.74 Å². The molecule has 24 heavy (non-hydrogen) atoms. The molecule has 0 bridgehead atoms. The van der Waals surface area contributed by atoms with Crippen LogP contribution < -0.4 is 14.5 Å². The van der Waals surface area contributed by atoms with Crippen molar-refractivity contribution >= 4 is 27.8 Å². The molecule has 0 saturated carbocycles. The summed E-state index contributed by atoms with van der Waals surface area (Å²) in [4.78, 5) is 16.7. The van der Waals surface area contributed by atoms with Gasteiger partial charge >= 0.3 is 0 Å². The van der Waals surface area contributed by atoms with Crippen molar-refractivity contribution < 1.29 is 9.64 Å². The SMILES string of the molecule is CCOc1ccc2[nH]c3c(N4CC[NH+](CC)CC4)ncnc3c2c1. The van der Waals surface area contributed by atoms with E-state index in [1.807, 2.05) is 13.0 Å². The smallest absolute Gasteiger partial charge is 0.156 e. The van der Waals surface area contributed by atoms with E-state index in [-0.39, 0.29) is 0 Å². The zero-order valence-electron chi connectivity index (χ0n) is 14.3. The van der Waals surface area contributed by atoms with E-state index in [9.17, 15) is 0 Å². The third-order valence-corrected chi connectivity index (χ3v) is 4.91. The van der Waals surface area contributed by atoms with Crippen LogP contribution in [0.1, 0.15) is 13.8 Å². The van der Waals surface area contributed by atoms with Crippen molar-refractivity contribution in [1.82, 2.24) is 15.0 Å². The highest BCUT2D eigenvalue weighted by Gasteiger charge is 2.22. The first-order valence-electron chi connectivity index (χ1n) is 8.78. The fourth-order valence-corrected chi connectivity index (χ4v) is 3.54. The number of hydrogen-bond acceptors (Lipinski definition) is 4. The summed E-state index contributed by atoms with van der Waals surface area (Å²) in [6, 6.07) is 6.12. The highest BCUT2D eigenvalue weighted by molar-refractivity contribution is 6.08. The zero-order valence-corrected chi connectivity index (χ0v) is 14.3. The Morgan fingerprint density at radius 3 is 2.79 bits per heavy atom. The summed E-state index contributed by atoms with van der Waals surface area (Å²) in [7, 11) is 0. The molecule has 1 aliphatic heterocycles. The van der Waals surface area contributed by atoms with Gasteiger partial charge in [-0.15, -0.1) is 0 Å². The number of nitrogens with one attached hydrogen (secondary N) is 2. The zero-order chi connectivity index (χ0) is 16.5. The highest BCUT2D eigenvalue weighted by Crippen LogP contribution is 2.31. The van der Waals surface area contributed by atoms with Gasteiger partial charge in [-0.25, -0.2) is 9.97 Å². The predicted octanol–water partition coefficient (Wildman–Crippen LogP) is 1.23. The lowest BCUT2D eigenvalue weighted by Gasteiger charge is -2.32. The Morgan fingerprint density at radius 1 is 1.21 bits per heavy atom. The lowest BCUT2D eigenvalue weighted by molar-refractivity contribution is -0.898. The number of likely N-dealkylation sites (N-methyl/N-ethyl adjacent to an activating group) is 1. The molecule has 0 amide bonds. The van der Waals surface area contributed by atoms with Gasteiger partial charge in [-0.05, 0) is 32.0 Å². The minimum absolute atomic E-state index is 0.665. The summed E-state index contributed by atoms with van der Waals surface area (Å²) in [6.07, 6.45) is 1.68. The van der Waals surface area contributed by atoms with E-state index < -0.39 is 0 Å². The molecule has 0 radical (unpaired) electrons. The Kier molecular flexibility index (Phi) is 3.98. The number of aromatic amines is 1. The number of aromatic nitrogens is 3. The number of H-pyrrole nitrogens is 1. The van der Waals surface area contributed by atoms with Crippen LogP contribution in [0.2, 0.25) is 0 Å². The van der Waals surface area contributed by atoms with E-state index in [0.29, 0.717) is 6.61 Å². The summed E-state index contributed by atoms with van der Waals surface area (Å²) in [5.74, 6) is 1.90. The van der Waals surface area contributed by atoms with Gasteiger partial charge in [-0.1, -0.05) is 0 Å². The van der Waals surface area contributed by atoms with Gasteiger partial charge in [0.15, 0.2) is 5.82 Å². The van der Waals surface area contributed by atoms with Crippen molar-refractivity contribution in [2.45, 2.75) is 13.8 Å². The second-order valence-corrected chi connectivity index (χ2v) is 6.28. The molecular weight excluding hydrogens is 302 g/mol. The number of benzene rings is 1. The number of piperazine rings is 1. The quantitative estimate of drug-likeness (QED) is 0.757. The van der Waals surface area contributed by atoms with E-state index >= 15 is 0 Å². The molecule has 2 aromatic heterocycles. The van der Waals surface area contributed by atoms with Crippen LogP contribution in [0.4, 0.5) is 5.82 Å². The van der Waals surface area contributed by atoms with E-state index in [1.165, 1.54) is 6.54 Å². The monoisotopic (exact) mass is 326 g/mol. The molecule has 0 atom stereocenters. The molecule has 6 nitrogen and oxygen atoms in total. The summed E-state index contributed by atoms with van der Waals surface area (Å²) in [6.45, 7) is 10.5. The van der Waals surface area contributed by atoms with Crippen LogP contribution in [0.5, 0.6) is 5.75 Å². The second kappa shape index (κ2) is 6.28. The van der Waals surface area contributed by atoms with Crippen molar-refractivity contribution in [3.8, 4) is 5.75 Å². The van der Waals surface area contributed by atoms with Gasteiger partial charge in [0.2, 0.25) is 0 Å². The van der Waals surface area contributed by atoms with Crippen LogP contribution in [-0.4, -0.2) is 54.3 Å². The molecule has 2 N–H and O–H groups in total. The molecule has 1 fully saturated rings. The fourth-order valence-electron chi connectivity index (χ4n) is 3.54. The van der Waals surface area contributed by atoms with E-state index in [0.717, 1.165) is 59.7 Å². The minimum atomic E-state index is 0.665. The fraction of sp³-hybridized carbons (Fsp3) is 0.444. The molecule has 126 valence electrons. The molecule has 0 aliphatic carbocycles. The maximum Gasteiger partial charge on any atom is 0.156 e. The average molecular weight is 326 g/mol. The Hall–Kier alpha value is -2.34. The number of hydrogen-bond donors (Lipinski definition) is 2. The van der Waals surface area contributed by atoms with Crippen molar-refractivity contribution in [3.05, 3.63) is 24.5 Å². The average Bonchev–Trinajstić information content (AvgIpc) is 3.00. The summed E-state index contributed by atoms with van der Waals surface area (Å²) < 4.78 is 5.63. The van der Waals surface area contributed by atoms with Crippen LogP contribution >= 0.6 is 0 Å². The lowest BCUT2D eigenvalue weighted by atomic mass is 10.2. The minimum Gasteiger partial charge on any atom is -0.494 e. The second-order valence-electron chi connectivity index (χ2n) is 6.28. The maximum atomic E-state index is 5.63. The standard InChI is InChI=1S/C18H23N5O/c1-3-22-7-9-23(10-8-22)18-17-16(19-12-20-18)14-11-13(24-4-2)5-6-15(14)21-17/h5-6,11-12,21H,3-4,7-10H2,1-2H3/p+1. The summed E-state index contributed by atoms with van der Waals surface area (Å²) in [5.41, 5.74) is 3.08. The van der Waals surface area contributed by atoms with Crippen LogP contribution in [0.15, 0.2) is 24.5 Å². The molecule has 0 unspecified atom stereocenters. The van der Waals surface area contributed by atoms with Gasteiger partial charge in [0.05, 0.1) is 39.3 Å². The number of rotatable bonds is 4. The summed E-state index contributed by atoms with van der Waals surface area (Å²) in [5, 5.41) is 1.09. The highest BCUT2D eigenvalue weighted by atomic mass is 16.5.